The molecule has 0 aliphatic carbocycles. The van der Waals surface area contributed by atoms with Crippen molar-refractivity contribution in [3.05, 3.63) is 53.1 Å². The van der Waals surface area contributed by atoms with E-state index >= 15 is 0 Å². The number of aromatic nitrogens is 2. The summed E-state index contributed by atoms with van der Waals surface area (Å²) in [7, 11) is -4.29. The van der Waals surface area contributed by atoms with Crippen LogP contribution in [-0.2, 0) is 23.4 Å². The van der Waals surface area contributed by atoms with Crippen LogP contribution in [0.4, 0.5) is 5.82 Å². The number of ether oxygens (including phenoxy) is 2. The first-order valence-corrected chi connectivity index (χ1v) is 13.6. The Kier molecular flexibility index (Phi) is 10.0. The van der Waals surface area contributed by atoms with Crippen LogP contribution < -0.4 is 21.0 Å². The van der Waals surface area contributed by atoms with Gasteiger partial charge in [-0.3, -0.25) is 13.9 Å². The van der Waals surface area contributed by atoms with Gasteiger partial charge in [0.25, 0.3) is 0 Å². The Hall–Kier alpha value is -3.08. The molecule has 4 N–H and O–H groups in total. The fourth-order valence-electron chi connectivity index (χ4n) is 3.63. The number of aliphatic hydroxyl groups excluding tert-OH is 1. The number of esters is 1. The molecule has 210 valence electrons. The fourth-order valence-corrected chi connectivity index (χ4v) is 5.29. The summed E-state index contributed by atoms with van der Waals surface area (Å²) in [6, 6.07) is 8.38. The van der Waals surface area contributed by atoms with E-state index in [9.17, 15) is 19.3 Å². The van der Waals surface area contributed by atoms with E-state index in [0.29, 0.717) is 0 Å². The predicted molar refractivity (Wildman–Crippen MR) is 143 cm³/mol. The molecule has 0 spiro atoms. The van der Waals surface area contributed by atoms with Crippen LogP contribution in [0.15, 0.2) is 52.4 Å². The third kappa shape index (κ3) is 7.32. The summed E-state index contributed by atoms with van der Waals surface area (Å²) in [6.07, 6.45) is -3.33. The van der Waals surface area contributed by atoms with Crippen LogP contribution in [0.5, 0.6) is 5.75 Å². The molecule has 1 fully saturated rings. The van der Waals surface area contributed by atoms with Crippen LogP contribution in [0.25, 0.3) is 0 Å². The van der Waals surface area contributed by atoms with Gasteiger partial charge in [0.05, 0.1) is 12.7 Å². The van der Waals surface area contributed by atoms with Crippen molar-refractivity contribution >= 4 is 37.9 Å². The van der Waals surface area contributed by atoms with Crippen LogP contribution in [0.2, 0.25) is 0 Å². The number of aliphatic hydroxyl groups is 1. The lowest BCUT2D eigenvalue weighted by Crippen LogP contribution is -2.55. The minimum absolute atomic E-state index is 0.0657. The van der Waals surface area contributed by atoms with E-state index < -0.39 is 62.1 Å². The van der Waals surface area contributed by atoms with Crippen molar-refractivity contribution in [2.75, 3.05) is 6.61 Å². The first kappa shape index (κ1) is 30.5. The molecule has 39 heavy (non-hydrogen) atoms. The summed E-state index contributed by atoms with van der Waals surface area (Å²) >= 11 is 5.60. The maximum Gasteiger partial charge on any atom is 0.459 e. The van der Waals surface area contributed by atoms with Gasteiger partial charge in [-0.1, -0.05) is 24.1 Å². The van der Waals surface area contributed by atoms with E-state index in [4.69, 9.17) is 35.9 Å². The highest BCUT2D eigenvalue weighted by Gasteiger charge is 2.55. The molecule has 3 rings (SSSR count). The predicted octanol–water partition coefficient (Wildman–Crippen LogP) is 1.86. The van der Waals surface area contributed by atoms with E-state index in [0.717, 1.165) is 4.57 Å². The van der Waals surface area contributed by atoms with Crippen molar-refractivity contribution in [1.29, 1.82) is 0 Å². The normalized spacial score (nSPS) is 24.7. The van der Waals surface area contributed by atoms with Crippen LogP contribution >= 0.6 is 19.3 Å². The molecule has 1 aliphatic heterocycles. The summed E-state index contributed by atoms with van der Waals surface area (Å²) in [5.74, 6) is 2.02. The lowest BCUT2D eigenvalue weighted by atomic mass is 9.92. The number of benzene rings is 1. The number of nitrogens with zero attached hydrogens (tertiary/aromatic N) is 3. The lowest BCUT2D eigenvalue weighted by molar-refractivity contribution is -0.149. The van der Waals surface area contributed by atoms with Gasteiger partial charge in [-0.2, -0.15) is 10.1 Å². The smallest absolute Gasteiger partial charge is 0.459 e. The van der Waals surface area contributed by atoms with Crippen molar-refractivity contribution in [3.8, 4) is 17.0 Å². The summed E-state index contributed by atoms with van der Waals surface area (Å²) in [5.41, 5.74) is 3.66. The second-order valence-corrected chi connectivity index (χ2v) is 10.7. The average Bonchev–Trinajstić information content (AvgIpc) is 3.12. The number of halogens is 1. The largest absolute Gasteiger partial charge is 0.462 e. The Morgan fingerprint density at radius 1 is 1.38 bits per heavy atom. The average molecular weight is 582 g/mol. The highest BCUT2D eigenvalue weighted by Crippen LogP contribution is 2.46. The number of nitrogens with one attached hydrogen (secondary N) is 1. The van der Waals surface area contributed by atoms with E-state index in [2.05, 4.69) is 33.1 Å². The molecule has 1 aromatic heterocycles. The molecule has 3 unspecified atom stereocenters. The van der Waals surface area contributed by atoms with Crippen LogP contribution in [0.3, 0.4) is 0 Å². The maximum absolute atomic E-state index is 13.7. The number of hydrogen-bond donors (Lipinski definition) is 3. The molecular formula is C24H29ClN5O8P. The molecule has 13 nitrogen and oxygen atoms in total. The Balaban J connectivity index is 1.87. The number of rotatable bonds is 11. The summed E-state index contributed by atoms with van der Waals surface area (Å²) in [6.45, 7) is 7.52. The van der Waals surface area contributed by atoms with E-state index in [-0.39, 0.29) is 11.6 Å². The number of carbonyl (C=O) groups excluding carboxylic acids is 1. The first-order valence-electron chi connectivity index (χ1n) is 11.7. The minimum Gasteiger partial charge on any atom is -0.462 e. The lowest BCUT2D eigenvalue weighted by Gasteiger charge is -2.27. The van der Waals surface area contributed by atoms with Gasteiger partial charge in [0.2, 0.25) is 0 Å². The summed E-state index contributed by atoms with van der Waals surface area (Å²) in [5, 5.41) is 15.7. The third-order valence-electron chi connectivity index (χ3n) is 5.48. The second kappa shape index (κ2) is 12.8. The number of hydrogen-bond acceptors (Lipinski definition) is 11. The second-order valence-electron chi connectivity index (χ2n) is 8.79. The molecule has 15 heteroatoms. The molecule has 2 aromatic rings. The topological polar surface area (TPSA) is 177 Å². The van der Waals surface area contributed by atoms with Gasteiger partial charge in [-0.05, 0) is 57.3 Å². The Labute approximate surface area is 229 Å². The van der Waals surface area contributed by atoms with Crippen molar-refractivity contribution in [3.63, 3.8) is 0 Å². The molecule has 1 aliphatic rings. The maximum atomic E-state index is 13.7. The van der Waals surface area contributed by atoms with E-state index in [1.54, 1.807) is 32.0 Å². The van der Waals surface area contributed by atoms with E-state index in [1.807, 2.05) is 0 Å². The molecule has 1 aromatic carbocycles. The Bertz CT molecular complexity index is 1350. The highest BCUT2D eigenvalue weighted by molar-refractivity contribution is 7.52. The molecule has 0 radical (unpaired) electrons. The molecular weight excluding hydrogens is 553 g/mol. The van der Waals surface area contributed by atoms with Crippen LogP contribution in [-0.4, -0.2) is 63.8 Å². The van der Waals surface area contributed by atoms with Gasteiger partial charge in [0.1, 0.15) is 24.0 Å². The van der Waals surface area contributed by atoms with Crippen molar-refractivity contribution in [2.45, 2.75) is 56.9 Å². The zero-order valence-electron chi connectivity index (χ0n) is 21.4. The summed E-state index contributed by atoms with van der Waals surface area (Å²) < 4.78 is 37.0. The Morgan fingerprint density at radius 2 is 2.08 bits per heavy atom. The standard InChI is InChI=1S/C24H29ClN5O8P/c1-15(2)36-21(32)16(3)29-39(34,38-17-8-6-5-7-9-17)35-14-18-20(31)24(26,11-12-25)22(37-18)30-13-10-19(27-4)28-23(30)33/h5-10,13,15-16,18,20,22,31H,4,14,26H2,1-3H3,(H,29,34)/t16-,18+,20?,22+,24?,39?/m0/s1. The van der Waals surface area contributed by atoms with Gasteiger partial charge < -0.3 is 24.8 Å². The monoisotopic (exact) mass is 581 g/mol. The zero-order chi connectivity index (χ0) is 28.8. The van der Waals surface area contributed by atoms with Crippen LogP contribution in [0, 0.1) is 11.3 Å². The van der Waals surface area contributed by atoms with Crippen molar-refractivity contribution in [2.24, 2.45) is 10.7 Å². The molecule has 6 atom stereocenters. The van der Waals surface area contributed by atoms with Crippen molar-refractivity contribution < 1.29 is 33.0 Å². The SMILES string of the molecule is C=Nc1ccn([C@@H]2O[C@H](COP(=O)(N[C@@H](C)C(=O)OC(C)C)Oc3ccccc3)C(O)C2(N)C#CCl)c(=O)n1. The van der Waals surface area contributed by atoms with Crippen LogP contribution in [0.1, 0.15) is 27.0 Å². The van der Waals surface area contributed by atoms with Crippen molar-refractivity contribution in [1.82, 2.24) is 14.6 Å². The molecule has 2 heterocycles. The number of aliphatic imine (C=N–C) groups is 1. The number of nitrogens with two attached hydrogens (primary N) is 1. The number of carbonyl (C=O) groups is 1. The molecule has 1 saturated heterocycles. The minimum atomic E-state index is -4.29. The van der Waals surface area contributed by atoms with Gasteiger partial charge in [0, 0.05) is 11.6 Å². The van der Waals surface area contributed by atoms with E-state index in [1.165, 1.54) is 31.3 Å². The van der Waals surface area contributed by atoms with Gasteiger partial charge >= 0.3 is 19.4 Å². The Morgan fingerprint density at radius 3 is 2.67 bits per heavy atom. The quantitative estimate of drug-likeness (QED) is 0.153. The fraction of sp³-hybridized carbons (Fsp3) is 0.417. The highest BCUT2D eigenvalue weighted by atomic mass is 35.5. The third-order valence-corrected chi connectivity index (χ3v) is 7.22. The van der Waals surface area contributed by atoms with Gasteiger partial charge in [0.15, 0.2) is 17.6 Å². The molecule has 0 saturated carbocycles. The molecule has 0 amide bonds. The molecule has 0 bridgehead atoms. The van der Waals surface area contributed by atoms with Gasteiger partial charge in [-0.25, -0.2) is 14.4 Å². The summed E-state index contributed by atoms with van der Waals surface area (Å²) in [4.78, 5) is 32.3. The first-order chi connectivity index (χ1) is 18.4. The zero-order valence-corrected chi connectivity index (χ0v) is 23.0. The van der Waals surface area contributed by atoms with Gasteiger partial charge in [-0.15, -0.1) is 0 Å². The number of para-hydroxylation sites is 1.